The third-order valence-electron chi connectivity index (χ3n) is 2.84. The molecular formula is C14H20N2O3. The molecule has 1 atom stereocenters. The number of carbonyl (C=O) groups is 2. The predicted octanol–water partition coefficient (Wildman–Crippen LogP) is 2.33. The van der Waals surface area contributed by atoms with Gasteiger partial charge in [-0.15, -0.1) is 0 Å². The van der Waals surface area contributed by atoms with Gasteiger partial charge >= 0.3 is 12.0 Å². The average Bonchev–Trinajstić information content (AvgIpc) is 2.37. The van der Waals surface area contributed by atoms with E-state index in [1.54, 1.807) is 13.8 Å². The fraction of sp³-hybridized carbons (Fsp3) is 0.429. The zero-order valence-corrected chi connectivity index (χ0v) is 11.5. The van der Waals surface area contributed by atoms with Crippen molar-refractivity contribution < 1.29 is 14.7 Å². The maximum atomic E-state index is 12.1. The lowest BCUT2D eigenvalue weighted by Gasteiger charge is -2.25. The number of benzene rings is 1. The van der Waals surface area contributed by atoms with Crippen LogP contribution >= 0.6 is 0 Å². The van der Waals surface area contributed by atoms with Crippen LogP contribution in [0.3, 0.4) is 0 Å². The molecule has 19 heavy (non-hydrogen) atoms. The molecule has 0 heterocycles. The highest BCUT2D eigenvalue weighted by molar-refractivity contribution is 5.94. The van der Waals surface area contributed by atoms with E-state index < -0.39 is 18.0 Å². The summed E-state index contributed by atoms with van der Waals surface area (Å²) in [5.74, 6) is -1.19. The van der Waals surface area contributed by atoms with E-state index in [1.165, 1.54) is 4.90 Å². The summed E-state index contributed by atoms with van der Waals surface area (Å²) in [7, 11) is 0. The standard InChI is InChI=1S/C14H20N2O3/c1-4-16(11-8-6-5-7-9-11)14(19)15-12(10(2)3)13(17)18/h5-10,12H,4H2,1-3H3,(H,15,19)(H,17,18)/t12-/m1/s1. The van der Waals surface area contributed by atoms with E-state index in [9.17, 15) is 9.59 Å². The number of rotatable bonds is 5. The molecule has 0 aliphatic carbocycles. The lowest BCUT2D eigenvalue weighted by molar-refractivity contribution is -0.140. The summed E-state index contributed by atoms with van der Waals surface area (Å²) < 4.78 is 0. The highest BCUT2D eigenvalue weighted by Crippen LogP contribution is 2.13. The van der Waals surface area contributed by atoms with Crippen LogP contribution in [0.4, 0.5) is 10.5 Å². The average molecular weight is 264 g/mol. The first-order chi connectivity index (χ1) is 8.97. The Morgan fingerprint density at radius 3 is 2.26 bits per heavy atom. The van der Waals surface area contributed by atoms with Crippen LogP contribution < -0.4 is 10.2 Å². The highest BCUT2D eigenvalue weighted by Gasteiger charge is 2.25. The van der Waals surface area contributed by atoms with Crippen molar-refractivity contribution in [3.05, 3.63) is 30.3 Å². The van der Waals surface area contributed by atoms with Crippen molar-refractivity contribution in [2.24, 2.45) is 5.92 Å². The van der Waals surface area contributed by atoms with Gasteiger partial charge in [-0.2, -0.15) is 0 Å². The first kappa shape index (κ1) is 15.0. The van der Waals surface area contributed by atoms with Crippen LogP contribution in [0.5, 0.6) is 0 Å². The third kappa shape index (κ3) is 3.98. The molecule has 0 aliphatic rings. The zero-order valence-electron chi connectivity index (χ0n) is 11.5. The second-order valence-electron chi connectivity index (χ2n) is 4.59. The van der Waals surface area contributed by atoms with E-state index in [1.807, 2.05) is 37.3 Å². The van der Waals surface area contributed by atoms with Crippen LogP contribution in [0.2, 0.25) is 0 Å². The van der Waals surface area contributed by atoms with E-state index >= 15 is 0 Å². The van der Waals surface area contributed by atoms with Gasteiger partial charge in [0.2, 0.25) is 0 Å². The predicted molar refractivity (Wildman–Crippen MR) is 74.3 cm³/mol. The number of para-hydroxylation sites is 1. The van der Waals surface area contributed by atoms with Gasteiger partial charge in [-0.05, 0) is 25.0 Å². The molecule has 0 radical (unpaired) electrons. The van der Waals surface area contributed by atoms with Gasteiger partial charge in [0, 0.05) is 12.2 Å². The number of urea groups is 1. The number of anilines is 1. The molecule has 1 aromatic rings. The number of carboxylic acid groups (broad SMARTS) is 1. The van der Waals surface area contributed by atoms with Crippen molar-refractivity contribution in [3.8, 4) is 0 Å². The number of hydrogen-bond acceptors (Lipinski definition) is 2. The number of nitrogens with one attached hydrogen (secondary N) is 1. The van der Waals surface area contributed by atoms with Crippen molar-refractivity contribution in [2.45, 2.75) is 26.8 Å². The van der Waals surface area contributed by atoms with Gasteiger partial charge in [0.25, 0.3) is 0 Å². The SMILES string of the molecule is CCN(C(=O)N[C@@H](C(=O)O)C(C)C)c1ccccc1. The van der Waals surface area contributed by atoms with E-state index in [0.717, 1.165) is 5.69 Å². The lowest BCUT2D eigenvalue weighted by atomic mass is 10.1. The maximum absolute atomic E-state index is 12.1. The second kappa shape index (κ2) is 6.78. The molecule has 2 amide bonds. The van der Waals surface area contributed by atoms with Crippen LogP contribution in [-0.4, -0.2) is 29.7 Å². The van der Waals surface area contributed by atoms with E-state index in [4.69, 9.17) is 5.11 Å². The largest absolute Gasteiger partial charge is 0.480 e. The number of aliphatic carboxylic acids is 1. The molecule has 0 fully saturated rings. The number of hydrogen-bond donors (Lipinski definition) is 2. The zero-order chi connectivity index (χ0) is 14.4. The van der Waals surface area contributed by atoms with Gasteiger partial charge < -0.3 is 10.4 Å². The van der Waals surface area contributed by atoms with Crippen molar-refractivity contribution in [1.29, 1.82) is 0 Å². The Bertz CT molecular complexity index is 432. The van der Waals surface area contributed by atoms with Crippen LogP contribution in [0.15, 0.2) is 30.3 Å². The summed E-state index contributed by atoms with van der Waals surface area (Å²) in [5, 5.41) is 11.6. The molecule has 1 rings (SSSR count). The fourth-order valence-corrected chi connectivity index (χ4v) is 1.78. The topological polar surface area (TPSA) is 69.6 Å². The number of amides is 2. The normalized spacial score (nSPS) is 12.0. The monoisotopic (exact) mass is 264 g/mol. The van der Waals surface area contributed by atoms with Crippen LogP contribution in [0, 0.1) is 5.92 Å². The molecule has 0 unspecified atom stereocenters. The Morgan fingerprint density at radius 1 is 1.26 bits per heavy atom. The summed E-state index contributed by atoms with van der Waals surface area (Å²) in [6.45, 7) is 5.84. The van der Waals surface area contributed by atoms with Gasteiger partial charge in [-0.3, -0.25) is 4.90 Å². The van der Waals surface area contributed by atoms with Crippen molar-refractivity contribution in [1.82, 2.24) is 5.32 Å². The summed E-state index contributed by atoms with van der Waals surface area (Å²) in [6.07, 6.45) is 0. The molecule has 0 aliphatic heterocycles. The molecule has 0 spiro atoms. The molecule has 5 nitrogen and oxygen atoms in total. The summed E-state index contributed by atoms with van der Waals surface area (Å²) in [4.78, 5) is 24.7. The van der Waals surface area contributed by atoms with E-state index in [0.29, 0.717) is 6.54 Å². The van der Waals surface area contributed by atoms with Gasteiger partial charge in [0.15, 0.2) is 0 Å². The number of nitrogens with zero attached hydrogens (tertiary/aromatic N) is 1. The molecular weight excluding hydrogens is 244 g/mol. The molecule has 5 heteroatoms. The van der Waals surface area contributed by atoms with Crippen molar-refractivity contribution in [3.63, 3.8) is 0 Å². The Kier molecular flexibility index (Phi) is 5.36. The van der Waals surface area contributed by atoms with Crippen molar-refractivity contribution >= 4 is 17.7 Å². The minimum absolute atomic E-state index is 0.170. The highest BCUT2D eigenvalue weighted by atomic mass is 16.4. The van der Waals surface area contributed by atoms with Crippen LogP contribution in [0.1, 0.15) is 20.8 Å². The second-order valence-corrected chi connectivity index (χ2v) is 4.59. The minimum atomic E-state index is -1.02. The number of carbonyl (C=O) groups excluding carboxylic acids is 1. The molecule has 1 aromatic carbocycles. The van der Waals surface area contributed by atoms with Gasteiger partial charge in [-0.25, -0.2) is 9.59 Å². The Balaban J connectivity index is 2.83. The molecule has 0 saturated heterocycles. The first-order valence-corrected chi connectivity index (χ1v) is 6.33. The van der Waals surface area contributed by atoms with E-state index in [2.05, 4.69) is 5.32 Å². The molecule has 104 valence electrons. The molecule has 2 N–H and O–H groups in total. The summed E-state index contributed by atoms with van der Waals surface area (Å²) >= 11 is 0. The third-order valence-corrected chi connectivity index (χ3v) is 2.84. The van der Waals surface area contributed by atoms with Crippen LogP contribution in [-0.2, 0) is 4.79 Å². The van der Waals surface area contributed by atoms with Crippen molar-refractivity contribution in [2.75, 3.05) is 11.4 Å². The Hall–Kier alpha value is -2.04. The fourth-order valence-electron chi connectivity index (χ4n) is 1.78. The summed E-state index contributed by atoms with van der Waals surface area (Å²) in [5.41, 5.74) is 0.746. The molecule has 0 aromatic heterocycles. The lowest BCUT2D eigenvalue weighted by Crippen LogP contribution is -2.50. The van der Waals surface area contributed by atoms with E-state index in [-0.39, 0.29) is 5.92 Å². The molecule has 0 saturated carbocycles. The molecule has 0 bridgehead atoms. The quantitative estimate of drug-likeness (QED) is 0.857. The van der Waals surface area contributed by atoms with Gasteiger partial charge in [-0.1, -0.05) is 32.0 Å². The van der Waals surface area contributed by atoms with Gasteiger partial charge in [0.1, 0.15) is 6.04 Å². The maximum Gasteiger partial charge on any atom is 0.326 e. The minimum Gasteiger partial charge on any atom is -0.480 e. The Morgan fingerprint density at radius 2 is 1.84 bits per heavy atom. The number of carboxylic acids is 1. The van der Waals surface area contributed by atoms with Crippen LogP contribution in [0.25, 0.3) is 0 Å². The Labute approximate surface area is 113 Å². The van der Waals surface area contributed by atoms with Gasteiger partial charge in [0.05, 0.1) is 0 Å². The smallest absolute Gasteiger partial charge is 0.326 e. The first-order valence-electron chi connectivity index (χ1n) is 6.33. The summed E-state index contributed by atoms with van der Waals surface area (Å²) in [6, 6.07) is 7.89.